The van der Waals surface area contributed by atoms with Gasteiger partial charge in [0.05, 0.1) is 5.97 Å². The molecule has 0 saturated heterocycles. The minimum Gasteiger partial charge on any atom is -1.00 e. The molecule has 144 valence electrons. The number of aliphatic carboxylic acids is 4. The summed E-state index contributed by atoms with van der Waals surface area (Å²) < 4.78 is 7.75. The van der Waals surface area contributed by atoms with Crippen molar-refractivity contribution in [1.29, 1.82) is 0 Å². The Morgan fingerprint density at radius 1 is 0.741 bits per heavy atom. The molecule has 0 spiro atoms. The third-order valence-corrected chi connectivity index (χ3v) is 1.88. The van der Waals surface area contributed by atoms with Gasteiger partial charge < -0.3 is 51.8 Å². The minimum atomic E-state index is -4.64. The van der Waals surface area contributed by atoms with Crippen molar-refractivity contribution in [3.63, 3.8) is 0 Å². The molecular weight excluding hydrogens is 439 g/mol. The van der Waals surface area contributed by atoms with Crippen LogP contribution in [0.25, 0.3) is 0 Å². The standard InChI is InChI=1S/C8H11NO8.H3N.4Na.H3O4P.4H/c10-5(11)1-9(2-6(12)13,3-7(14)15)4-8(16)17;;;;;;1-5(2,3)4;;;;/h1-4H2,(H3-,10,11,12,13,14,15,16,17);1H3;;;;;(H3,1,2,3,4);;;;/q;;4*+1;;4*-1. The van der Waals surface area contributed by atoms with E-state index in [1.54, 1.807) is 0 Å². The predicted molar refractivity (Wildman–Crippen MR) is 71.4 cm³/mol. The molecule has 0 fully saturated rings. The number of carbonyl (C=O) groups excluding carboxylic acids is 1. The number of rotatable bonds is 8. The van der Waals surface area contributed by atoms with Crippen molar-refractivity contribution in [2.75, 3.05) is 26.2 Å². The summed E-state index contributed by atoms with van der Waals surface area (Å²) in [6.45, 7) is -3.77. The van der Waals surface area contributed by atoms with E-state index in [1.165, 1.54) is 0 Å². The molecule has 0 aromatic rings. The largest absolute Gasteiger partial charge is 1.00 e. The number of hydrogen-bond donors (Lipinski definition) is 7. The van der Waals surface area contributed by atoms with Gasteiger partial charge in [-0.15, -0.1) is 0 Å². The van der Waals surface area contributed by atoms with Crippen LogP contribution in [-0.2, 0) is 23.7 Å². The number of quaternary nitrogens is 1. The maximum Gasteiger partial charge on any atom is 1.00 e. The Morgan fingerprint density at radius 3 is 1.04 bits per heavy atom. The van der Waals surface area contributed by atoms with Crippen molar-refractivity contribution in [3.8, 4) is 0 Å². The second kappa shape index (κ2) is 22.6. The van der Waals surface area contributed by atoms with Gasteiger partial charge in [0.1, 0.15) is 6.54 Å². The van der Waals surface area contributed by atoms with Crippen molar-refractivity contribution >= 4 is 31.7 Å². The maximum atomic E-state index is 10.5. The number of carbonyl (C=O) groups is 4. The fraction of sp³-hybridized carbons (Fsp3) is 0.500. The van der Waals surface area contributed by atoms with E-state index in [1.807, 2.05) is 0 Å². The molecular formula is C8H21N2Na4O12P. The first-order valence-corrected chi connectivity index (χ1v) is 6.72. The summed E-state index contributed by atoms with van der Waals surface area (Å²) in [5.41, 5.74) is 0. The molecule has 0 saturated carbocycles. The third kappa shape index (κ3) is 39.0. The van der Waals surface area contributed by atoms with Gasteiger partial charge in [0.15, 0.2) is 19.6 Å². The summed E-state index contributed by atoms with van der Waals surface area (Å²) in [4.78, 5) is 63.7. The van der Waals surface area contributed by atoms with E-state index in [-0.39, 0.29) is 130 Å². The van der Waals surface area contributed by atoms with Crippen LogP contribution >= 0.6 is 7.82 Å². The SMILES string of the molecule is N.O=C([O-])C[N+](CC(=O)O)(CC(=O)O)CC(=O)O.O=P(O)(O)O.[H-].[H-].[H-].[H-].[Na+].[Na+].[Na+].[Na+]. The number of carboxylic acids is 4. The number of nitrogens with zero attached hydrogens (tertiary/aromatic N) is 1. The molecule has 19 heteroatoms. The van der Waals surface area contributed by atoms with Crippen LogP contribution in [-0.4, -0.2) is 84.5 Å². The molecule has 0 rings (SSSR count). The summed E-state index contributed by atoms with van der Waals surface area (Å²) in [6.07, 6.45) is 0. The fourth-order valence-corrected chi connectivity index (χ4v) is 1.47. The van der Waals surface area contributed by atoms with Crippen LogP contribution in [0, 0.1) is 0 Å². The van der Waals surface area contributed by atoms with Crippen LogP contribution in [0.4, 0.5) is 0 Å². The molecule has 0 aliphatic carbocycles. The average Bonchev–Trinajstić information content (AvgIpc) is 2.06. The van der Waals surface area contributed by atoms with Crippen LogP contribution in [0.15, 0.2) is 0 Å². The van der Waals surface area contributed by atoms with Crippen molar-refractivity contribution in [2.24, 2.45) is 0 Å². The van der Waals surface area contributed by atoms with Gasteiger partial charge in [-0.05, 0) is 0 Å². The monoisotopic (exact) mass is 460 g/mol. The van der Waals surface area contributed by atoms with E-state index in [0.717, 1.165) is 0 Å². The van der Waals surface area contributed by atoms with Gasteiger partial charge in [-0.25, -0.2) is 18.9 Å². The first-order valence-electron chi connectivity index (χ1n) is 5.15. The van der Waals surface area contributed by atoms with Gasteiger partial charge in [0.2, 0.25) is 0 Å². The number of carboxylic acid groups (broad SMARTS) is 4. The second-order valence-electron chi connectivity index (χ2n) is 4.04. The number of phosphoric acid groups is 1. The van der Waals surface area contributed by atoms with Crippen LogP contribution in [0.5, 0.6) is 0 Å². The zero-order chi connectivity index (χ0) is 18.1. The molecule has 9 N–H and O–H groups in total. The van der Waals surface area contributed by atoms with Crippen LogP contribution in [0.2, 0.25) is 0 Å². The summed E-state index contributed by atoms with van der Waals surface area (Å²) in [5.74, 6) is -6.19. The summed E-state index contributed by atoms with van der Waals surface area (Å²) in [7, 11) is -4.64. The van der Waals surface area contributed by atoms with Crippen LogP contribution < -0.4 is 129 Å². The van der Waals surface area contributed by atoms with E-state index in [9.17, 15) is 24.3 Å². The zero-order valence-corrected chi connectivity index (χ0v) is 24.5. The van der Waals surface area contributed by atoms with Gasteiger partial charge in [-0.1, -0.05) is 0 Å². The Bertz CT molecular complexity index is 441. The molecule has 0 aliphatic rings. The predicted octanol–water partition coefficient (Wildman–Crippen LogP) is -15.5. The van der Waals surface area contributed by atoms with Crippen molar-refractivity contribution in [3.05, 3.63) is 0 Å². The molecule has 0 aromatic carbocycles. The molecule has 0 atom stereocenters. The molecule has 0 aliphatic heterocycles. The van der Waals surface area contributed by atoms with E-state index in [0.29, 0.717) is 0 Å². The summed E-state index contributed by atoms with van der Waals surface area (Å²) in [6, 6.07) is 0. The Labute approximate surface area is 248 Å². The van der Waals surface area contributed by atoms with Crippen molar-refractivity contribution in [2.45, 2.75) is 0 Å². The molecule has 0 bridgehead atoms. The van der Waals surface area contributed by atoms with Gasteiger partial charge >= 0.3 is 144 Å². The molecule has 0 radical (unpaired) electrons. The second-order valence-corrected chi connectivity index (χ2v) is 5.07. The Morgan fingerprint density at radius 2 is 0.926 bits per heavy atom. The molecule has 0 aromatic heterocycles. The van der Waals surface area contributed by atoms with E-state index >= 15 is 0 Å². The quantitative estimate of drug-likeness (QED) is 0.101. The Hall–Kier alpha value is 1.91. The summed E-state index contributed by atoms with van der Waals surface area (Å²) >= 11 is 0. The smallest absolute Gasteiger partial charge is 1.00 e. The summed E-state index contributed by atoms with van der Waals surface area (Å²) in [5, 5.41) is 36.2. The average molecular weight is 460 g/mol. The Kier molecular flexibility index (Phi) is 39.3. The first-order chi connectivity index (χ1) is 9.67. The van der Waals surface area contributed by atoms with Gasteiger partial charge in [-0.3, -0.25) is 4.48 Å². The number of hydrogen-bond acceptors (Lipinski definition) is 7. The molecule has 0 amide bonds. The van der Waals surface area contributed by atoms with E-state index in [2.05, 4.69) is 0 Å². The maximum absolute atomic E-state index is 10.5. The Balaban J connectivity index is -0.0000000288. The van der Waals surface area contributed by atoms with Gasteiger partial charge in [0.25, 0.3) is 0 Å². The first kappa shape index (κ1) is 46.9. The zero-order valence-electron chi connectivity index (χ0n) is 19.6. The van der Waals surface area contributed by atoms with Gasteiger partial charge in [0, 0.05) is 0 Å². The van der Waals surface area contributed by atoms with Crippen LogP contribution in [0.1, 0.15) is 5.71 Å². The van der Waals surface area contributed by atoms with E-state index < -0.39 is 62.4 Å². The third-order valence-electron chi connectivity index (χ3n) is 1.88. The molecule has 0 unspecified atom stereocenters. The molecule has 14 nitrogen and oxygen atoms in total. The van der Waals surface area contributed by atoms with Gasteiger partial charge in [-0.2, -0.15) is 0 Å². The van der Waals surface area contributed by atoms with Crippen molar-refractivity contribution in [1.82, 2.24) is 6.15 Å². The minimum absolute atomic E-state index is 0. The molecule has 0 heterocycles. The topological polar surface area (TPSA) is 265 Å². The van der Waals surface area contributed by atoms with Crippen LogP contribution in [0.3, 0.4) is 0 Å². The fourth-order valence-electron chi connectivity index (χ4n) is 1.47. The van der Waals surface area contributed by atoms with Crippen molar-refractivity contribution < 1.29 is 187 Å². The normalized spacial score (nSPS) is 9.00. The van der Waals surface area contributed by atoms with E-state index in [4.69, 9.17) is 34.6 Å². The molecule has 27 heavy (non-hydrogen) atoms.